The number of halogens is 1. The molecular weight excluding hydrogens is 443 g/mol. The van der Waals surface area contributed by atoms with Crippen LogP contribution in [0, 0.1) is 15.9 Å². The molecule has 12 heteroatoms. The highest BCUT2D eigenvalue weighted by atomic mass is 32.2. The van der Waals surface area contributed by atoms with E-state index in [-0.39, 0.29) is 27.4 Å². The molecule has 3 aromatic carbocycles. The zero-order chi connectivity index (χ0) is 23.3. The van der Waals surface area contributed by atoms with Gasteiger partial charge in [0, 0.05) is 28.9 Å². The van der Waals surface area contributed by atoms with Crippen molar-refractivity contribution in [3.8, 4) is 0 Å². The van der Waals surface area contributed by atoms with Gasteiger partial charge in [-0.1, -0.05) is 6.07 Å². The van der Waals surface area contributed by atoms with Crippen LogP contribution in [0.15, 0.2) is 77.7 Å². The van der Waals surface area contributed by atoms with Crippen LogP contribution in [0.1, 0.15) is 20.7 Å². The van der Waals surface area contributed by atoms with Crippen LogP contribution < -0.4 is 15.6 Å². The quantitative estimate of drug-likeness (QED) is 0.382. The van der Waals surface area contributed by atoms with Crippen molar-refractivity contribution in [1.29, 1.82) is 0 Å². The third kappa shape index (κ3) is 5.43. The largest absolute Gasteiger partial charge is 0.280 e. The summed E-state index contributed by atoms with van der Waals surface area (Å²) in [6, 6.07) is 14.5. The van der Waals surface area contributed by atoms with E-state index in [1.165, 1.54) is 42.5 Å². The fraction of sp³-hybridized carbons (Fsp3) is 0. The number of non-ortho nitro benzene ring substituents is 1. The number of rotatable bonds is 6. The molecule has 0 saturated carbocycles. The van der Waals surface area contributed by atoms with Crippen molar-refractivity contribution in [1.82, 2.24) is 10.9 Å². The summed E-state index contributed by atoms with van der Waals surface area (Å²) in [6.45, 7) is 0. The molecule has 2 amide bonds. The lowest BCUT2D eigenvalue weighted by Crippen LogP contribution is -2.41. The van der Waals surface area contributed by atoms with Gasteiger partial charge in [0.05, 0.1) is 9.82 Å². The van der Waals surface area contributed by atoms with E-state index >= 15 is 0 Å². The predicted octanol–water partition coefficient (Wildman–Crippen LogP) is 2.61. The van der Waals surface area contributed by atoms with E-state index in [1.807, 2.05) is 0 Å². The van der Waals surface area contributed by atoms with E-state index in [1.54, 1.807) is 0 Å². The van der Waals surface area contributed by atoms with Crippen molar-refractivity contribution >= 4 is 33.2 Å². The number of nitrogens with zero attached hydrogens (tertiary/aromatic N) is 1. The van der Waals surface area contributed by atoms with Crippen LogP contribution in [0.25, 0.3) is 0 Å². The van der Waals surface area contributed by atoms with E-state index in [0.29, 0.717) is 0 Å². The Hall–Kier alpha value is -4.32. The molecule has 164 valence electrons. The second-order valence-corrected chi connectivity index (χ2v) is 8.03. The van der Waals surface area contributed by atoms with E-state index in [9.17, 15) is 32.5 Å². The fourth-order valence-corrected chi connectivity index (χ4v) is 3.59. The molecule has 0 heterocycles. The molecule has 0 bridgehead atoms. The van der Waals surface area contributed by atoms with Crippen LogP contribution in [0.2, 0.25) is 0 Å². The predicted molar refractivity (Wildman–Crippen MR) is 112 cm³/mol. The first-order chi connectivity index (χ1) is 15.2. The molecule has 0 saturated heterocycles. The van der Waals surface area contributed by atoms with Crippen molar-refractivity contribution < 1.29 is 27.3 Å². The molecule has 3 N–H and O–H groups in total. The van der Waals surface area contributed by atoms with Gasteiger partial charge < -0.3 is 0 Å². The highest BCUT2D eigenvalue weighted by molar-refractivity contribution is 7.92. The van der Waals surface area contributed by atoms with Crippen molar-refractivity contribution in [2.24, 2.45) is 0 Å². The maximum absolute atomic E-state index is 13.0. The number of sulfonamides is 1. The van der Waals surface area contributed by atoms with Crippen LogP contribution >= 0.6 is 0 Å². The normalized spacial score (nSPS) is 10.8. The molecule has 0 atom stereocenters. The Balaban J connectivity index is 1.61. The van der Waals surface area contributed by atoms with Gasteiger partial charge in [-0.05, 0) is 54.6 Å². The minimum Gasteiger partial charge on any atom is -0.280 e. The third-order valence-electron chi connectivity index (χ3n) is 4.13. The first-order valence-electron chi connectivity index (χ1n) is 8.89. The van der Waals surface area contributed by atoms with Crippen LogP contribution in [0.5, 0.6) is 0 Å². The lowest BCUT2D eigenvalue weighted by atomic mass is 10.2. The van der Waals surface area contributed by atoms with Crippen LogP contribution in [0.4, 0.5) is 15.8 Å². The van der Waals surface area contributed by atoms with Gasteiger partial charge in [-0.3, -0.25) is 35.3 Å². The van der Waals surface area contributed by atoms with E-state index in [2.05, 4.69) is 15.6 Å². The van der Waals surface area contributed by atoms with Gasteiger partial charge in [-0.25, -0.2) is 12.8 Å². The summed E-state index contributed by atoms with van der Waals surface area (Å²) in [4.78, 5) is 34.3. The Kier molecular flexibility index (Phi) is 6.45. The van der Waals surface area contributed by atoms with Crippen molar-refractivity contribution in [2.75, 3.05) is 4.72 Å². The number of anilines is 1. The molecule has 0 aliphatic heterocycles. The van der Waals surface area contributed by atoms with Gasteiger partial charge in [0.1, 0.15) is 5.82 Å². The third-order valence-corrected chi connectivity index (χ3v) is 5.53. The lowest BCUT2D eigenvalue weighted by Gasteiger charge is -2.10. The average Bonchev–Trinajstić information content (AvgIpc) is 2.78. The van der Waals surface area contributed by atoms with Gasteiger partial charge in [0.25, 0.3) is 27.5 Å². The zero-order valence-corrected chi connectivity index (χ0v) is 16.9. The van der Waals surface area contributed by atoms with Crippen molar-refractivity contribution in [3.05, 3.63) is 99.9 Å². The highest BCUT2D eigenvalue weighted by Crippen LogP contribution is 2.17. The van der Waals surface area contributed by atoms with Gasteiger partial charge in [-0.15, -0.1) is 0 Å². The topological polar surface area (TPSA) is 148 Å². The summed E-state index contributed by atoms with van der Waals surface area (Å²) in [5.41, 5.74) is 4.27. The Morgan fingerprint density at radius 2 is 1.44 bits per heavy atom. The second kappa shape index (κ2) is 9.22. The Labute approximate surface area is 181 Å². The average molecular weight is 458 g/mol. The first-order valence-corrected chi connectivity index (χ1v) is 10.4. The summed E-state index contributed by atoms with van der Waals surface area (Å²) < 4.78 is 39.9. The summed E-state index contributed by atoms with van der Waals surface area (Å²) in [5, 5.41) is 10.8. The number of benzene rings is 3. The smallest absolute Gasteiger partial charge is 0.270 e. The molecule has 3 aromatic rings. The van der Waals surface area contributed by atoms with E-state index in [4.69, 9.17) is 0 Å². The molecule has 0 unspecified atom stereocenters. The highest BCUT2D eigenvalue weighted by Gasteiger charge is 2.15. The molecule has 0 aromatic heterocycles. The SMILES string of the molecule is O=C(NNC(=O)c1cccc([N+](=O)[O-])c1)c1ccc(NS(=O)(=O)c2ccc(F)cc2)cc1. The monoisotopic (exact) mass is 458 g/mol. The summed E-state index contributed by atoms with van der Waals surface area (Å²) in [7, 11) is -3.95. The fourth-order valence-electron chi connectivity index (χ4n) is 2.54. The number of amides is 2. The number of nitro groups is 1. The van der Waals surface area contributed by atoms with Crippen LogP contribution in [0.3, 0.4) is 0 Å². The van der Waals surface area contributed by atoms with Crippen molar-refractivity contribution in [3.63, 3.8) is 0 Å². The molecule has 10 nitrogen and oxygen atoms in total. The first kappa shape index (κ1) is 22.4. The summed E-state index contributed by atoms with van der Waals surface area (Å²) in [5.74, 6) is -2.03. The summed E-state index contributed by atoms with van der Waals surface area (Å²) >= 11 is 0. The number of nitrogens with one attached hydrogen (secondary N) is 3. The molecule has 32 heavy (non-hydrogen) atoms. The Morgan fingerprint density at radius 1 is 0.844 bits per heavy atom. The molecular formula is C20H15FN4O6S. The number of hydrogen-bond acceptors (Lipinski definition) is 6. The second-order valence-electron chi connectivity index (χ2n) is 6.35. The molecule has 0 aliphatic rings. The summed E-state index contributed by atoms with van der Waals surface area (Å²) in [6.07, 6.45) is 0. The standard InChI is InChI=1S/C20H15FN4O6S/c21-15-6-10-18(11-7-15)32(30,31)24-16-8-4-13(5-9-16)19(26)22-23-20(27)14-2-1-3-17(12-14)25(28)29/h1-12,24H,(H,22,26)(H,23,27). The minimum absolute atomic E-state index is 0.0231. The van der Waals surface area contributed by atoms with Gasteiger partial charge >= 0.3 is 0 Å². The van der Waals surface area contributed by atoms with E-state index < -0.39 is 32.6 Å². The molecule has 0 spiro atoms. The van der Waals surface area contributed by atoms with E-state index in [0.717, 1.165) is 30.3 Å². The Morgan fingerprint density at radius 3 is 2.03 bits per heavy atom. The molecule has 3 rings (SSSR count). The van der Waals surface area contributed by atoms with Gasteiger partial charge in [0.2, 0.25) is 0 Å². The lowest BCUT2D eigenvalue weighted by molar-refractivity contribution is -0.384. The number of carbonyl (C=O) groups excluding carboxylic acids is 2. The number of nitro benzene ring substituents is 1. The maximum atomic E-state index is 13.0. The zero-order valence-electron chi connectivity index (χ0n) is 16.1. The number of hydrazine groups is 1. The van der Waals surface area contributed by atoms with Crippen molar-refractivity contribution in [2.45, 2.75) is 4.90 Å². The van der Waals surface area contributed by atoms with Crippen LogP contribution in [-0.4, -0.2) is 25.2 Å². The number of hydrogen-bond donors (Lipinski definition) is 3. The molecule has 0 radical (unpaired) electrons. The number of carbonyl (C=O) groups is 2. The maximum Gasteiger partial charge on any atom is 0.270 e. The van der Waals surface area contributed by atoms with Gasteiger partial charge in [-0.2, -0.15) is 0 Å². The molecule has 0 fully saturated rings. The van der Waals surface area contributed by atoms with Gasteiger partial charge in [0.15, 0.2) is 0 Å². The minimum atomic E-state index is -3.95. The Bertz CT molecular complexity index is 1280. The van der Waals surface area contributed by atoms with Crippen LogP contribution in [-0.2, 0) is 10.0 Å². The molecule has 0 aliphatic carbocycles.